The van der Waals surface area contributed by atoms with Crippen LogP contribution in [-0.4, -0.2) is 16.1 Å². The van der Waals surface area contributed by atoms with Gasteiger partial charge in [-0.05, 0) is 24.6 Å². The molecule has 5 heteroatoms. The number of carboxylic acid groups (broad SMARTS) is 1. The topological polar surface area (TPSA) is 70.2 Å². The van der Waals surface area contributed by atoms with Gasteiger partial charge in [0.25, 0.3) is 0 Å². The average Bonchev–Trinajstić information content (AvgIpc) is 2.15. The second-order valence-electron chi connectivity index (χ2n) is 3.50. The van der Waals surface area contributed by atoms with Crippen LogP contribution < -0.4 is 5.43 Å². The van der Waals surface area contributed by atoms with Crippen LogP contribution >= 0.6 is 15.9 Å². The van der Waals surface area contributed by atoms with E-state index in [0.717, 1.165) is 16.1 Å². The SMILES string of the molecule is Cc1cc(Br)cc2[nH]c(C(=O)O)cc(=O)c12. The number of hydrogen-bond donors (Lipinski definition) is 2. The van der Waals surface area contributed by atoms with Crippen molar-refractivity contribution in [3.63, 3.8) is 0 Å². The van der Waals surface area contributed by atoms with Crippen LogP contribution in [0.15, 0.2) is 27.5 Å². The summed E-state index contributed by atoms with van der Waals surface area (Å²) in [5.41, 5.74) is 0.950. The van der Waals surface area contributed by atoms with Gasteiger partial charge in [0, 0.05) is 15.9 Å². The van der Waals surface area contributed by atoms with Crippen molar-refractivity contribution in [2.45, 2.75) is 6.92 Å². The predicted octanol–water partition coefficient (Wildman–Crippen LogP) is 2.30. The number of fused-ring (bicyclic) bond motifs is 1. The zero-order valence-corrected chi connectivity index (χ0v) is 9.96. The van der Waals surface area contributed by atoms with Gasteiger partial charge in [-0.1, -0.05) is 15.9 Å². The summed E-state index contributed by atoms with van der Waals surface area (Å²) in [4.78, 5) is 25.2. The van der Waals surface area contributed by atoms with E-state index in [0.29, 0.717) is 10.9 Å². The number of H-pyrrole nitrogens is 1. The lowest BCUT2D eigenvalue weighted by Crippen LogP contribution is -2.10. The van der Waals surface area contributed by atoms with Crippen molar-refractivity contribution >= 4 is 32.8 Å². The molecule has 0 fully saturated rings. The lowest BCUT2D eigenvalue weighted by molar-refractivity contribution is 0.0691. The minimum Gasteiger partial charge on any atom is -0.477 e. The zero-order chi connectivity index (χ0) is 11.9. The lowest BCUT2D eigenvalue weighted by Gasteiger charge is -2.04. The molecular weight excluding hydrogens is 274 g/mol. The standard InChI is InChI=1S/C11H8BrNO3/c1-5-2-6(12)3-7-10(5)9(14)4-8(13-7)11(15)16/h2-4H,1H3,(H,13,14)(H,15,16). The average molecular weight is 282 g/mol. The van der Waals surface area contributed by atoms with E-state index in [1.54, 1.807) is 6.07 Å². The summed E-state index contributed by atoms with van der Waals surface area (Å²) in [7, 11) is 0. The highest BCUT2D eigenvalue weighted by Crippen LogP contribution is 2.20. The Hall–Kier alpha value is -1.62. The van der Waals surface area contributed by atoms with E-state index in [1.807, 2.05) is 13.0 Å². The lowest BCUT2D eigenvalue weighted by atomic mass is 10.1. The van der Waals surface area contributed by atoms with Gasteiger partial charge in [0.2, 0.25) is 0 Å². The van der Waals surface area contributed by atoms with Crippen molar-refractivity contribution in [3.8, 4) is 0 Å². The zero-order valence-electron chi connectivity index (χ0n) is 8.37. The second kappa shape index (κ2) is 3.75. The number of halogens is 1. The van der Waals surface area contributed by atoms with E-state index in [1.165, 1.54) is 0 Å². The first-order valence-corrected chi connectivity index (χ1v) is 5.35. The molecule has 0 bridgehead atoms. The molecule has 0 aliphatic rings. The van der Waals surface area contributed by atoms with Crippen LogP contribution in [0, 0.1) is 6.92 Å². The fraction of sp³-hybridized carbons (Fsp3) is 0.0909. The molecule has 4 nitrogen and oxygen atoms in total. The highest BCUT2D eigenvalue weighted by atomic mass is 79.9. The molecule has 0 spiro atoms. The molecule has 1 heterocycles. The maximum atomic E-state index is 11.7. The van der Waals surface area contributed by atoms with Gasteiger partial charge in [-0.15, -0.1) is 0 Å². The minimum atomic E-state index is -1.14. The largest absolute Gasteiger partial charge is 0.477 e. The van der Waals surface area contributed by atoms with Crippen LogP contribution in [-0.2, 0) is 0 Å². The maximum absolute atomic E-state index is 11.7. The molecule has 0 saturated carbocycles. The number of aromatic nitrogens is 1. The molecule has 0 aliphatic carbocycles. The molecule has 16 heavy (non-hydrogen) atoms. The molecule has 0 amide bonds. The van der Waals surface area contributed by atoms with E-state index < -0.39 is 5.97 Å². The molecule has 2 rings (SSSR count). The normalized spacial score (nSPS) is 10.6. The quantitative estimate of drug-likeness (QED) is 0.843. The van der Waals surface area contributed by atoms with E-state index >= 15 is 0 Å². The van der Waals surface area contributed by atoms with E-state index in [2.05, 4.69) is 20.9 Å². The van der Waals surface area contributed by atoms with Crippen LogP contribution in [0.25, 0.3) is 10.9 Å². The van der Waals surface area contributed by atoms with Crippen molar-refractivity contribution in [2.75, 3.05) is 0 Å². The molecule has 1 aromatic carbocycles. The number of aromatic amines is 1. The van der Waals surface area contributed by atoms with Crippen molar-refractivity contribution in [2.24, 2.45) is 0 Å². The highest BCUT2D eigenvalue weighted by Gasteiger charge is 2.09. The van der Waals surface area contributed by atoms with Crippen LogP contribution in [0.2, 0.25) is 0 Å². The van der Waals surface area contributed by atoms with Crippen LogP contribution in [0.1, 0.15) is 16.1 Å². The van der Waals surface area contributed by atoms with Gasteiger partial charge in [0.1, 0.15) is 5.69 Å². The number of carbonyl (C=O) groups is 1. The summed E-state index contributed by atoms with van der Waals surface area (Å²) in [5, 5.41) is 9.35. The predicted molar refractivity (Wildman–Crippen MR) is 64.0 cm³/mol. The van der Waals surface area contributed by atoms with Gasteiger partial charge in [-0.2, -0.15) is 0 Å². The Labute approximate surface area is 99.0 Å². The van der Waals surface area contributed by atoms with Crippen molar-refractivity contribution in [3.05, 3.63) is 44.2 Å². The molecule has 2 aromatic rings. The Morgan fingerprint density at radius 2 is 2.06 bits per heavy atom. The summed E-state index contributed by atoms with van der Waals surface area (Å²) in [6, 6.07) is 4.61. The van der Waals surface area contributed by atoms with Gasteiger partial charge < -0.3 is 10.1 Å². The van der Waals surface area contributed by atoms with Crippen molar-refractivity contribution in [1.82, 2.24) is 4.98 Å². The molecule has 0 aliphatic heterocycles. The number of pyridine rings is 1. The van der Waals surface area contributed by atoms with Gasteiger partial charge in [-0.25, -0.2) is 4.79 Å². The fourth-order valence-corrected chi connectivity index (χ4v) is 2.24. The molecule has 0 radical (unpaired) electrons. The summed E-state index contributed by atoms with van der Waals surface area (Å²) in [6.45, 7) is 1.81. The first-order chi connectivity index (χ1) is 7.49. The first kappa shape index (κ1) is 10.9. The number of hydrogen-bond acceptors (Lipinski definition) is 2. The Balaban J connectivity index is 2.93. The fourth-order valence-electron chi connectivity index (χ4n) is 1.67. The van der Waals surface area contributed by atoms with Gasteiger partial charge in [0.05, 0.1) is 5.52 Å². The van der Waals surface area contributed by atoms with E-state index in [-0.39, 0.29) is 11.1 Å². The number of aryl methyl sites for hydroxylation is 1. The molecule has 2 N–H and O–H groups in total. The van der Waals surface area contributed by atoms with Gasteiger partial charge in [-0.3, -0.25) is 4.79 Å². The first-order valence-electron chi connectivity index (χ1n) is 4.55. The van der Waals surface area contributed by atoms with E-state index in [4.69, 9.17) is 5.11 Å². The molecule has 0 saturated heterocycles. The number of aromatic carboxylic acids is 1. The second-order valence-corrected chi connectivity index (χ2v) is 4.41. The third-order valence-electron chi connectivity index (χ3n) is 2.32. The molecule has 82 valence electrons. The number of carboxylic acids is 1. The van der Waals surface area contributed by atoms with Crippen LogP contribution in [0.3, 0.4) is 0 Å². The van der Waals surface area contributed by atoms with Crippen molar-refractivity contribution in [1.29, 1.82) is 0 Å². The summed E-state index contributed by atoms with van der Waals surface area (Å²) >= 11 is 3.30. The van der Waals surface area contributed by atoms with E-state index in [9.17, 15) is 9.59 Å². The Bertz CT molecular complexity index is 645. The third kappa shape index (κ3) is 1.74. The van der Waals surface area contributed by atoms with Crippen LogP contribution in [0.5, 0.6) is 0 Å². The summed E-state index contributed by atoms with van der Waals surface area (Å²) in [5.74, 6) is -1.14. The maximum Gasteiger partial charge on any atom is 0.352 e. The van der Waals surface area contributed by atoms with Gasteiger partial charge >= 0.3 is 5.97 Å². The van der Waals surface area contributed by atoms with Gasteiger partial charge in [0.15, 0.2) is 5.43 Å². The number of nitrogens with one attached hydrogen (secondary N) is 1. The molecule has 0 atom stereocenters. The molecule has 0 unspecified atom stereocenters. The third-order valence-corrected chi connectivity index (χ3v) is 2.78. The Morgan fingerprint density at radius 3 is 2.69 bits per heavy atom. The summed E-state index contributed by atoms with van der Waals surface area (Å²) in [6.07, 6.45) is 0. The van der Waals surface area contributed by atoms with Crippen LogP contribution in [0.4, 0.5) is 0 Å². The Kier molecular flexibility index (Phi) is 2.55. The van der Waals surface area contributed by atoms with Crippen molar-refractivity contribution < 1.29 is 9.90 Å². The highest BCUT2D eigenvalue weighted by molar-refractivity contribution is 9.10. The molecular formula is C11H8BrNO3. The summed E-state index contributed by atoms with van der Waals surface area (Å²) < 4.78 is 0.802. The minimum absolute atomic E-state index is 0.102. The Morgan fingerprint density at radius 1 is 1.38 bits per heavy atom. The number of benzene rings is 1. The monoisotopic (exact) mass is 281 g/mol. The number of rotatable bonds is 1. The smallest absolute Gasteiger partial charge is 0.352 e. The molecule has 1 aromatic heterocycles.